The van der Waals surface area contributed by atoms with Crippen molar-refractivity contribution in [3.8, 4) is 0 Å². The van der Waals surface area contributed by atoms with Crippen LogP contribution in [0, 0.1) is 6.92 Å². The molecule has 1 N–H and O–H groups in total. The number of imidazole rings is 1. The van der Waals surface area contributed by atoms with E-state index >= 15 is 0 Å². The summed E-state index contributed by atoms with van der Waals surface area (Å²) in [5, 5.41) is 3.67. The summed E-state index contributed by atoms with van der Waals surface area (Å²) in [5.74, 6) is 0.800. The van der Waals surface area contributed by atoms with Crippen LogP contribution < -0.4 is 5.32 Å². The summed E-state index contributed by atoms with van der Waals surface area (Å²) in [6.45, 7) is 2.18. The standard InChI is InChI=1S/C15H20N4OS/c1-11-16-8-9-19(11)10-14(20)18-15-17-12-6-4-2-3-5-7-13(12)21-15/h8-9H,2-7,10H2,1H3,(H,17,18,20). The summed E-state index contributed by atoms with van der Waals surface area (Å²) < 4.78 is 1.83. The number of thiazole rings is 1. The highest BCUT2D eigenvalue weighted by Gasteiger charge is 2.15. The summed E-state index contributed by atoms with van der Waals surface area (Å²) in [6, 6.07) is 0. The van der Waals surface area contributed by atoms with E-state index in [9.17, 15) is 4.79 Å². The number of amides is 1. The number of hydrogen-bond donors (Lipinski definition) is 1. The van der Waals surface area contributed by atoms with Gasteiger partial charge in [0.05, 0.1) is 5.69 Å². The van der Waals surface area contributed by atoms with Crippen molar-refractivity contribution in [2.75, 3.05) is 5.32 Å². The van der Waals surface area contributed by atoms with Gasteiger partial charge in [-0.1, -0.05) is 12.8 Å². The molecule has 2 aromatic heterocycles. The lowest BCUT2D eigenvalue weighted by Crippen LogP contribution is -2.19. The number of carbonyl (C=O) groups is 1. The highest BCUT2D eigenvalue weighted by Crippen LogP contribution is 2.28. The van der Waals surface area contributed by atoms with Crippen LogP contribution in [0.5, 0.6) is 0 Å². The van der Waals surface area contributed by atoms with Gasteiger partial charge in [0.15, 0.2) is 5.13 Å². The van der Waals surface area contributed by atoms with Crippen LogP contribution in [-0.4, -0.2) is 20.4 Å². The zero-order valence-corrected chi connectivity index (χ0v) is 13.1. The summed E-state index contributed by atoms with van der Waals surface area (Å²) in [4.78, 5) is 22.2. The first-order valence-electron chi connectivity index (χ1n) is 7.48. The Morgan fingerprint density at radius 2 is 2.14 bits per heavy atom. The van der Waals surface area contributed by atoms with Crippen molar-refractivity contribution in [1.82, 2.24) is 14.5 Å². The van der Waals surface area contributed by atoms with Gasteiger partial charge < -0.3 is 9.88 Å². The van der Waals surface area contributed by atoms with Crippen molar-refractivity contribution in [3.05, 3.63) is 28.8 Å². The first-order chi connectivity index (χ1) is 10.2. The van der Waals surface area contributed by atoms with Crippen LogP contribution in [0.1, 0.15) is 42.1 Å². The number of rotatable bonds is 3. The van der Waals surface area contributed by atoms with E-state index in [1.165, 1.54) is 36.3 Å². The molecule has 1 aliphatic rings. The molecule has 0 aromatic carbocycles. The fraction of sp³-hybridized carbons (Fsp3) is 0.533. The Hall–Kier alpha value is -1.69. The molecule has 1 aliphatic carbocycles. The van der Waals surface area contributed by atoms with Gasteiger partial charge in [0.1, 0.15) is 12.4 Å². The highest BCUT2D eigenvalue weighted by atomic mass is 32.1. The Kier molecular flexibility index (Phi) is 4.34. The second kappa shape index (κ2) is 6.39. The van der Waals surface area contributed by atoms with Gasteiger partial charge in [0.25, 0.3) is 0 Å². The van der Waals surface area contributed by atoms with Crippen LogP contribution in [0.15, 0.2) is 12.4 Å². The SMILES string of the molecule is Cc1nccn1CC(=O)Nc1nc2c(s1)CCCCCC2. The molecule has 0 saturated carbocycles. The van der Waals surface area contributed by atoms with Crippen molar-refractivity contribution >= 4 is 22.4 Å². The summed E-state index contributed by atoms with van der Waals surface area (Å²) in [6.07, 6.45) is 10.7. The van der Waals surface area contributed by atoms with E-state index in [0.717, 1.165) is 23.8 Å². The molecule has 6 heteroatoms. The van der Waals surface area contributed by atoms with Gasteiger partial charge in [-0.2, -0.15) is 0 Å². The van der Waals surface area contributed by atoms with Crippen molar-refractivity contribution in [3.63, 3.8) is 0 Å². The molecule has 21 heavy (non-hydrogen) atoms. The first-order valence-corrected chi connectivity index (χ1v) is 8.30. The Bertz CT molecular complexity index is 606. The lowest BCUT2D eigenvalue weighted by molar-refractivity contribution is -0.116. The molecule has 0 spiro atoms. The highest BCUT2D eigenvalue weighted by molar-refractivity contribution is 7.15. The largest absolute Gasteiger partial charge is 0.326 e. The molecule has 5 nitrogen and oxygen atoms in total. The molecule has 2 aromatic rings. The van der Waals surface area contributed by atoms with Crippen LogP contribution >= 0.6 is 11.3 Å². The molecule has 0 radical (unpaired) electrons. The van der Waals surface area contributed by atoms with E-state index in [4.69, 9.17) is 0 Å². The number of nitrogens with one attached hydrogen (secondary N) is 1. The molecule has 0 bridgehead atoms. The predicted octanol–water partition coefficient (Wildman–Crippen LogP) is 2.95. The topological polar surface area (TPSA) is 59.8 Å². The maximum Gasteiger partial charge on any atom is 0.246 e. The Balaban J connectivity index is 1.66. The van der Waals surface area contributed by atoms with Crippen LogP contribution in [0.3, 0.4) is 0 Å². The monoisotopic (exact) mass is 304 g/mol. The summed E-state index contributed by atoms with van der Waals surface area (Å²) >= 11 is 1.64. The van der Waals surface area contributed by atoms with Gasteiger partial charge in [0.2, 0.25) is 5.91 Å². The van der Waals surface area contributed by atoms with Crippen LogP contribution in [0.25, 0.3) is 0 Å². The lowest BCUT2D eigenvalue weighted by Gasteiger charge is -2.06. The average Bonchev–Trinajstić information content (AvgIpc) is 2.97. The predicted molar refractivity (Wildman–Crippen MR) is 83.6 cm³/mol. The summed E-state index contributed by atoms with van der Waals surface area (Å²) in [5.41, 5.74) is 1.19. The maximum absolute atomic E-state index is 12.1. The minimum atomic E-state index is -0.0437. The van der Waals surface area contributed by atoms with Gasteiger partial charge in [0, 0.05) is 17.3 Å². The van der Waals surface area contributed by atoms with E-state index in [1.54, 1.807) is 17.5 Å². The molecule has 1 amide bonds. The molecular formula is C15H20N4OS. The number of nitrogens with zero attached hydrogens (tertiary/aromatic N) is 3. The smallest absolute Gasteiger partial charge is 0.246 e. The number of aryl methyl sites for hydroxylation is 3. The quantitative estimate of drug-likeness (QED) is 0.948. The number of carbonyl (C=O) groups excluding carboxylic acids is 1. The van der Waals surface area contributed by atoms with E-state index in [1.807, 2.05) is 17.7 Å². The molecule has 0 unspecified atom stereocenters. The van der Waals surface area contributed by atoms with Crippen LogP contribution in [0.2, 0.25) is 0 Å². The molecule has 0 aliphatic heterocycles. The summed E-state index contributed by atoms with van der Waals surface area (Å²) in [7, 11) is 0. The molecule has 0 saturated heterocycles. The molecule has 0 atom stereocenters. The number of anilines is 1. The second-order valence-corrected chi connectivity index (χ2v) is 6.54. The lowest BCUT2D eigenvalue weighted by atomic mass is 10.0. The molecule has 2 heterocycles. The van der Waals surface area contributed by atoms with Crippen LogP contribution in [-0.2, 0) is 24.2 Å². The average molecular weight is 304 g/mol. The minimum Gasteiger partial charge on any atom is -0.326 e. The van der Waals surface area contributed by atoms with Gasteiger partial charge in [-0.25, -0.2) is 9.97 Å². The Labute approximate surface area is 128 Å². The molecule has 3 rings (SSSR count). The van der Waals surface area contributed by atoms with Gasteiger partial charge in [-0.15, -0.1) is 11.3 Å². The van der Waals surface area contributed by atoms with E-state index in [2.05, 4.69) is 15.3 Å². The Morgan fingerprint density at radius 3 is 2.90 bits per heavy atom. The Morgan fingerprint density at radius 1 is 1.33 bits per heavy atom. The van der Waals surface area contributed by atoms with E-state index < -0.39 is 0 Å². The third kappa shape index (κ3) is 3.50. The molecule has 0 fully saturated rings. The van der Waals surface area contributed by atoms with Crippen molar-refractivity contribution in [2.45, 2.75) is 52.0 Å². The van der Waals surface area contributed by atoms with Gasteiger partial charge in [-0.05, 0) is 32.6 Å². The van der Waals surface area contributed by atoms with Gasteiger partial charge in [-0.3, -0.25) is 4.79 Å². The fourth-order valence-electron chi connectivity index (χ4n) is 2.64. The van der Waals surface area contributed by atoms with Crippen LogP contribution in [0.4, 0.5) is 5.13 Å². The minimum absolute atomic E-state index is 0.0437. The third-order valence-electron chi connectivity index (χ3n) is 3.83. The molecule has 112 valence electrons. The fourth-order valence-corrected chi connectivity index (χ4v) is 3.71. The second-order valence-electron chi connectivity index (χ2n) is 5.45. The maximum atomic E-state index is 12.1. The van der Waals surface area contributed by atoms with Crippen molar-refractivity contribution in [1.29, 1.82) is 0 Å². The number of hydrogen-bond acceptors (Lipinski definition) is 4. The zero-order chi connectivity index (χ0) is 14.7. The molecular weight excluding hydrogens is 284 g/mol. The van der Waals surface area contributed by atoms with Gasteiger partial charge >= 0.3 is 0 Å². The normalized spacial score (nSPS) is 15.1. The zero-order valence-electron chi connectivity index (χ0n) is 12.3. The van der Waals surface area contributed by atoms with Crippen molar-refractivity contribution in [2.24, 2.45) is 0 Å². The van der Waals surface area contributed by atoms with E-state index in [-0.39, 0.29) is 12.5 Å². The van der Waals surface area contributed by atoms with E-state index in [0.29, 0.717) is 0 Å². The number of aromatic nitrogens is 3. The first kappa shape index (κ1) is 14.3. The number of fused-ring (bicyclic) bond motifs is 1. The third-order valence-corrected chi connectivity index (χ3v) is 4.90. The van der Waals surface area contributed by atoms with Crippen molar-refractivity contribution < 1.29 is 4.79 Å².